The van der Waals surface area contributed by atoms with E-state index in [1.54, 1.807) is 12.1 Å². The second-order valence-electron chi connectivity index (χ2n) is 5.54. The van der Waals surface area contributed by atoms with E-state index in [1.807, 2.05) is 30.3 Å². The Balaban J connectivity index is 1.66. The van der Waals surface area contributed by atoms with Gasteiger partial charge in [-0.05, 0) is 21.5 Å². The molecular weight excluding hydrogens is 412 g/mol. The molecule has 0 aromatic heterocycles. The minimum atomic E-state index is -3.51. The lowest BCUT2D eigenvalue weighted by atomic mass is 10.2. The Morgan fingerprint density at radius 3 is 2.68 bits per heavy atom. The molecule has 0 bridgehead atoms. The summed E-state index contributed by atoms with van der Waals surface area (Å²) in [5.74, 6) is 1.69. The van der Waals surface area contributed by atoms with Crippen LogP contribution in [0.1, 0.15) is 5.56 Å². The van der Waals surface area contributed by atoms with Gasteiger partial charge in [0.2, 0.25) is 0 Å². The Morgan fingerprint density at radius 1 is 1.20 bits per heavy atom. The lowest BCUT2D eigenvalue weighted by Crippen LogP contribution is -2.34. The summed E-state index contributed by atoms with van der Waals surface area (Å²) >= 11 is 3.45. The van der Waals surface area contributed by atoms with Crippen LogP contribution in [0.15, 0.2) is 46.9 Å². The standard InChI is InChI=1S/C17H17BrO6S/c1-25(19,20)23-11-13-10-22-16-8-15(14(18)7-17(16)24-13)21-9-12-5-3-2-4-6-12/h2-8,13H,9-11H2,1H3. The van der Waals surface area contributed by atoms with Gasteiger partial charge < -0.3 is 14.2 Å². The van der Waals surface area contributed by atoms with Crippen molar-refractivity contribution in [3.8, 4) is 17.2 Å². The van der Waals surface area contributed by atoms with Crippen LogP contribution in [0.25, 0.3) is 0 Å². The number of fused-ring (bicyclic) bond motifs is 1. The van der Waals surface area contributed by atoms with Crippen LogP contribution in [-0.4, -0.2) is 34.0 Å². The fraction of sp³-hybridized carbons (Fsp3) is 0.294. The van der Waals surface area contributed by atoms with Gasteiger partial charge in [0.25, 0.3) is 10.1 Å². The Kier molecular flexibility index (Phi) is 5.51. The lowest BCUT2D eigenvalue weighted by molar-refractivity contribution is 0.0553. The molecule has 2 aromatic carbocycles. The van der Waals surface area contributed by atoms with Crippen molar-refractivity contribution in [2.24, 2.45) is 0 Å². The molecule has 3 rings (SSSR count). The van der Waals surface area contributed by atoms with Gasteiger partial charge in [-0.25, -0.2) is 0 Å². The van der Waals surface area contributed by atoms with Gasteiger partial charge in [0, 0.05) is 12.1 Å². The van der Waals surface area contributed by atoms with Gasteiger partial charge in [0.05, 0.1) is 10.7 Å². The molecule has 1 heterocycles. The summed E-state index contributed by atoms with van der Waals surface area (Å²) in [7, 11) is -3.51. The van der Waals surface area contributed by atoms with E-state index in [0.717, 1.165) is 16.3 Å². The zero-order chi connectivity index (χ0) is 17.9. The first-order chi connectivity index (χ1) is 11.9. The summed E-state index contributed by atoms with van der Waals surface area (Å²) in [6.45, 7) is 0.536. The molecule has 6 nitrogen and oxygen atoms in total. The SMILES string of the molecule is CS(=O)(=O)OCC1COc2cc(OCc3ccccc3)c(Br)cc2O1. The van der Waals surface area contributed by atoms with Crippen molar-refractivity contribution in [3.05, 3.63) is 52.5 Å². The number of benzene rings is 2. The van der Waals surface area contributed by atoms with Crippen molar-refractivity contribution >= 4 is 26.0 Å². The average molecular weight is 429 g/mol. The van der Waals surface area contributed by atoms with Gasteiger partial charge in [-0.3, -0.25) is 4.18 Å². The van der Waals surface area contributed by atoms with E-state index in [4.69, 9.17) is 18.4 Å². The van der Waals surface area contributed by atoms with Crippen LogP contribution in [0.4, 0.5) is 0 Å². The number of hydrogen-bond acceptors (Lipinski definition) is 6. The van der Waals surface area contributed by atoms with E-state index < -0.39 is 16.2 Å². The smallest absolute Gasteiger partial charge is 0.264 e. The zero-order valence-corrected chi connectivity index (χ0v) is 15.9. The minimum absolute atomic E-state index is 0.0951. The Morgan fingerprint density at radius 2 is 1.96 bits per heavy atom. The van der Waals surface area contributed by atoms with Gasteiger partial charge in [0.15, 0.2) is 17.6 Å². The van der Waals surface area contributed by atoms with E-state index >= 15 is 0 Å². The van der Waals surface area contributed by atoms with Crippen LogP contribution >= 0.6 is 15.9 Å². The summed E-state index contributed by atoms with van der Waals surface area (Å²) in [6.07, 6.45) is 0.502. The second kappa shape index (κ2) is 7.63. The van der Waals surface area contributed by atoms with Crippen LogP contribution in [0.5, 0.6) is 17.2 Å². The molecule has 0 spiro atoms. The highest BCUT2D eigenvalue weighted by Crippen LogP contribution is 2.40. The van der Waals surface area contributed by atoms with E-state index in [0.29, 0.717) is 23.9 Å². The molecule has 0 N–H and O–H groups in total. The molecule has 0 saturated carbocycles. The predicted octanol–water partition coefficient (Wildman–Crippen LogP) is 3.14. The molecule has 1 aliphatic heterocycles. The highest BCUT2D eigenvalue weighted by Gasteiger charge is 2.24. The van der Waals surface area contributed by atoms with Crippen molar-refractivity contribution in [2.75, 3.05) is 19.5 Å². The van der Waals surface area contributed by atoms with Crippen molar-refractivity contribution in [1.82, 2.24) is 0 Å². The number of halogens is 1. The zero-order valence-electron chi connectivity index (χ0n) is 13.5. The first-order valence-electron chi connectivity index (χ1n) is 7.55. The molecule has 1 unspecified atom stereocenters. The number of rotatable bonds is 6. The molecule has 1 aliphatic rings. The average Bonchev–Trinajstić information content (AvgIpc) is 2.58. The van der Waals surface area contributed by atoms with Gasteiger partial charge in [-0.15, -0.1) is 0 Å². The molecule has 0 radical (unpaired) electrons. The van der Waals surface area contributed by atoms with E-state index in [2.05, 4.69) is 15.9 Å². The topological polar surface area (TPSA) is 71.1 Å². The van der Waals surface area contributed by atoms with Crippen molar-refractivity contribution in [3.63, 3.8) is 0 Å². The summed E-state index contributed by atoms with van der Waals surface area (Å²) in [4.78, 5) is 0. The maximum atomic E-state index is 11.1. The van der Waals surface area contributed by atoms with Gasteiger partial charge in [-0.1, -0.05) is 30.3 Å². The van der Waals surface area contributed by atoms with Crippen LogP contribution in [-0.2, 0) is 20.9 Å². The minimum Gasteiger partial charge on any atom is -0.488 e. The van der Waals surface area contributed by atoms with E-state index in [-0.39, 0.29) is 13.2 Å². The Bertz CT molecular complexity index is 838. The maximum Gasteiger partial charge on any atom is 0.264 e. The summed E-state index contributed by atoms with van der Waals surface area (Å²) < 4.78 is 44.8. The van der Waals surface area contributed by atoms with E-state index in [1.165, 1.54) is 0 Å². The van der Waals surface area contributed by atoms with Crippen LogP contribution in [0.2, 0.25) is 0 Å². The number of hydrogen-bond donors (Lipinski definition) is 0. The van der Waals surface area contributed by atoms with Crippen molar-refractivity contribution in [1.29, 1.82) is 0 Å². The Hall–Kier alpha value is -1.77. The summed E-state index contributed by atoms with van der Waals surface area (Å²) in [5.41, 5.74) is 1.06. The molecule has 8 heteroatoms. The molecule has 25 heavy (non-hydrogen) atoms. The number of ether oxygens (including phenoxy) is 3. The van der Waals surface area contributed by atoms with Gasteiger partial charge in [0.1, 0.15) is 25.6 Å². The van der Waals surface area contributed by atoms with Crippen molar-refractivity contribution < 1.29 is 26.8 Å². The third kappa shape index (κ3) is 5.10. The largest absolute Gasteiger partial charge is 0.488 e. The first-order valence-corrected chi connectivity index (χ1v) is 10.2. The van der Waals surface area contributed by atoms with E-state index in [9.17, 15) is 8.42 Å². The van der Waals surface area contributed by atoms with Crippen LogP contribution in [0, 0.1) is 0 Å². The monoisotopic (exact) mass is 428 g/mol. The maximum absolute atomic E-state index is 11.1. The molecular formula is C17H17BrO6S. The van der Waals surface area contributed by atoms with Crippen LogP contribution < -0.4 is 14.2 Å². The van der Waals surface area contributed by atoms with Gasteiger partial charge in [-0.2, -0.15) is 8.42 Å². The highest BCUT2D eigenvalue weighted by atomic mass is 79.9. The Labute approximate surface area is 154 Å². The second-order valence-corrected chi connectivity index (χ2v) is 8.04. The lowest BCUT2D eigenvalue weighted by Gasteiger charge is -2.26. The molecule has 0 aliphatic carbocycles. The third-order valence-corrected chi connectivity index (χ3v) is 4.61. The van der Waals surface area contributed by atoms with Crippen molar-refractivity contribution in [2.45, 2.75) is 12.7 Å². The van der Waals surface area contributed by atoms with Gasteiger partial charge >= 0.3 is 0 Å². The molecule has 134 valence electrons. The fourth-order valence-electron chi connectivity index (χ4n) is 2.25. The summed E-state index contributed by atoms with van der Waals surface area (Å²) in [5, 5.41) is 0. The molecule has 0 saturated heterocycles. The third-order valence-electron chi connectivity index (χ3n) is 3.42. The molecule has 2 aromatic rings. The fourth-order valence-corrected chi connectivity index (χ4v) is 3.08. The normalized spacial score (nSPS) is 16.5. The van der Waals surface area contributed by atoms with Crippen LogP contribution in [0.3, 0.4) is 0 Å². The molecule has 1 atom stereocenters. The predicted molar refractivity (Wildman–Crippen MR) is 95.6 cm³/mol. The summed E-state index contributed by atoms with van der Waals surface area (Å²) in [6, 6.07) is 13.3. The highest BCUT2D eigenvalue weighted by molar-refractivity contribution is 9.10. The molecule has 0 amide bonds. The first kappa shape index (κ1) is 18.0. The quantitative estimate of drug-likeness (QED) is 0.658. The molecule has 0 fully saturated rings.